The van der Waals surface area contributed by atoms with Crippen molar-refractivity contribution in [1.29, 1.82) is 5.26 Å². The number of likely N-dealkylation sites (tertiary alicyclic amines) is 1. The smallest absolute Gasteiger partial charge is 0.257 e. The zero-order valence-corrected chi connectivity index (χ0v) is 16.5. The van der Waals surface area contributed by atoms with Crippen molar-refractivity contribution in [3.63, 3.8) is 0 Å². The highest BCUT2D eigenvalue weighted by Crippen LogP contribution is 2.48. The maximum absolute atomic E-state index is 14.1. The number of fused-ring (bicyclic) bond motifs is 3. The number of amides is 2. The summed E-state index contributed by atoms with van der Waals surface area (Å²) in [5.74, 6) is -1.69. The van der Waals surface area contributed by atoms with E-state index in [1.807, 2.05) is 0 Å². The van der Waals surface area contributed by atoms with E-state index in [2.05, 4.69) is 6.07 Å². The van der Waals surface area contributed by atoms with Crippen molar-refractivity contribution in [2.24, 2.45) is 17.6 Å². The van der Waals surface area contributed by atoms with Crippen molar-refractivity contribution in [2.45, 2.75) is 68.7 Å². The first-order valence-electron chi connectivity index (χ1n) is 10.6. The number of carbonyl (C=O) groups excluding carboxylic acids is 2. The van der Waals surface area contributed by atoms with Gasteiger partial charge >= 0.3 is 0 Å². The van der Waals surface area contributed by atoms with Crippen LogP contribution in [-0.2, 0) is 4.79 Å². The van der Waals surface area contributed by atoms with Gasteiger partial charge in [0.15, 0.2) is 0 Å². The highest BCUT2D eigenvalue weighted by molar-refractivity contribution is 5.95. The van der Waals surface area contributed by atoms with Gasteiger partial charge in [-0.25, -0.2) is 8.78 Å². The monoisotopic (exact) mass is 414 g/mol. The molecular weight excluding hydrogens is 390 g/mol. The second-order valence-electron chi connectivity index (χ2n) is 9.17. The van der Waals surface area contributed by atoms with Crippen LogP contribution in [0.1, 0.15) is 48.9 Å². The van der Waals surface area contributed by atoms with Gasteiger partial charge in [-0.15, -0.1) is 0 Å². The van der Waals surface area contributed by atoms with E-state index in [-0.39, 0.29) is 41.6 Å². The summed E-state index contributed by atoms with van der Waals surface area (Å²) in [5, 5.41) is 9.37. The number of rotatable bonds is 3. The fraction of sp³-hybridized carbons (Fsp3) is 0.591. The van der Waals surface area contributed by atoms with Gasteiger partial charge in [-0.1, -0.05) is 0 Å². The Balaban J connectivity index is 1.31. The molecular formula is C22H24F2N4O2. The topological polar surface area (TPSA) is 90.4 Å². The van der Waals surface area contributed by atoms with Gasteiger partial charge in [0.2, 0.25) is 5.91 Å². The summed E-state index contributed by atoms with van der Waals surface area (Å²) in [5.41, 5.74) is 6.13. The summed E-state index contributed by atoms with van der Waals surface area (Å²) < 4.78 is 27.7. The number of nitrogens with zero attached hydrogens (tertiary/aromatic N) is 3. The minimum Gasteiger partial charge on any atom is -0.333 e. The number of hydrogen-bond acceptors (Lipinski definition) is 4. The van der Waals surface area contributed by atoms with Crippen LogP contribution in [0, 0.1) is 34.8 Å². The van der Waals surface area contributed by atoms with Crippen molar-refractivity contribution in [3.05, 3.63) is 35.4 Å². The van der Waals surface area contributed by atoms with Gasteiger partial charge in [0.1, 0.15) is 17.7 Å². The normalized spacial score (nSPS) is 35.0. The average molecular weight is 414 g/mol. The van der Waals surface area contributed by atoms with E-state index in [1.165, 1.54) is 0 Å². The molecule has 2 amide bonds. The number of nitriles is 1. The summed E-state index contributed by atoms with van der Waals surface area (Å²) in [6.07, 6.45) is 4.33. The molecule has 2 N–H and O–H groups in total. The standard InChI is InChI=1S/C22H24F2N4O2/c23-13-1-4-18(24)17(9-13)21(29)27-14-2-3-15(27)7-12(6-14)20(26)22(30)28-16(10-25)5-11-8-19(11)28/h1,4,9,11-12,14-16,19-20H,2-3,5-8,26H2/t11?,12?,14-,15?,16?,19?,20-/m0/s1. The Labute approximate surface area is 173 Å². The quantitative estimate of drug-likeness (QED) is 0.821. The maximum Gasteiger partial charge on any atom is 0.257 e. The molecule has 1 aliphatic carbocycles. The molecule has 5 unspecified atom stereocenters. The minimum atomic E-state index is -0.731. The third-order valence-electron chi connectivity index (χ3n) is 7.46. The van der Waals surface area contributed by atoms with E-state index < -0.39 is 23.6 Å². The Morgan fingerprint density at radius 3 is 2.47 bits per heavy atom. The molecule has 3 heterocycles. The molecule has 1 aromatic carbocycles. The fourth-order valence-electron chi connectivity index (χ4n) is 5.91. The molecule has 3 aliphatic heterocycles. The number of benzene rings is 1. The third kappa shape index (κ3) is 2.99. The van der Waals surface area contributed by atoms with E-state index in [4.69, 9.17) is 5.73 Å². The number of nitrogens with two attached hydrogens (primary N) is 1. The molecule has 5 rings (SSSR count). The molecule has 158 valence electrons. The third-order valence-corrected chi connectivity index (χ3v) is 7.46. The van der Waals surface area contributed by atoms with Crippen LogP contribution in [0.15, 0.2) is 18.2 Å². The zero-order valence-electron chi connectivity index (χ0n) is 16.5. The second kappa shape index (κ2) is 7.02. The van der Waals surface area contributed by atoms with Crippen molar-refractivity contribution in [2.75, 3.05) is 0 Å². The van der Waals surface area contributed by atoms with Crippen LogP contribution >= 0.6 is 0 Å². The van der Waals surface area contributed by atoms with Gasteiger partial charge < -0.3 is 15.5 Å². The molecule has 7 atom stereocenters. The first-order valence-corrected chi connectivity index (χ1v) is 10.6. The number of halogens is 2. The van der Waals surface area contributed by atoms with Crippen molar-refractivity contribution < 1.29 is 18.4 Å². The molecule has 3 saturated heterocycles. The molecule has 4 fully saturated rings. The molecule has 0 radical (unpaired) electrons. The number of carbonyl (C=O) groups is 2. The van der Waals surface area contributed by atoms with Crippen LogP contribution in [0.3, 0.4) is 0 Å². The van der Waals surface area contributed by atoms with Gasteiger partial charge in [-0.2, -0.15) is 5.26 Å². The van der Waals surface area contributed by atoms with Gasteiger partial charge in [0.05, 0.1) is 17.7 Å². The largest absolute Gasteiger partial charge is 0.333 e. The predicted octanol–water partition coefficient (Wildman–Crippen LogP) is 2.19. The first kappa shape index (κ1) is 19.4. The molecule has 2 bridgehead atoms. The fourth-order valence-corrected chi connectivity index (χ4v) is 5.91. The van der Waals surface area contributed by atoms with Gasteiger partial charge in [-0.3, -0.25) is 9.59 Å². The van der Waals surface area contributed by atoms with Crippen LogP contribution < -0.4 is 5.73 Å². The van der Waals surface area contributed by atoms with Crippen LogP contribution in [0.4, 0.5) is 8.78 Å². The summed E-state index contributed by atoms with van der Waals surface area (Å²) in [6.45, 7) is 0. The van der Waals surface area contributed by atoms with Crippen LogP contribution in [0.5, 0.6) is 0 Å². The van der Waals surface area contributed by atoms with Crippen LogP contribution in [0.25, 0.3) is 0 Å². The number of hydrogen-bond donors (Lipinski definition) is 1. The second-order valence-corrected chi connectivity index (χ2v) is 9.17. The highest BCUT2D eigenvalue weighted by atomic mass is 19.1. The lowest BCUT2D eigenvalue weighted by molar-refractivity contribution is -0.135. The highest BCUT2D eigenvalue weighted by Gasteiger charge is 2.56. The molecule has 1 saturated carbocycles. The maximum atomic E-state index is 14.1. The Morgan fingerprint density at radius 2 is 1.80 bits per heavy atom. The Hall–Kier alpha value is -2.53. The minimum absolute atomic E-state index is 0.0893. The Kier molecular flexibility index (Phi) is 4.55. The molecule has 1 aromatic rings. The van der Waals surface area contributed by atoms with E-state index in [1.54, 1.807) is 9.80 Å². The van der Waals surface area contributed by atoms with Crippen molar-refractivity contribution in [1.82, 2.24) is 9.80 Å². The summed E-state index contributed by atoms with van der Waals surface area (Å²) in [4.78, 5) is 29.4. The lowest BCUT2D eigenvalue weighted by Crippen LogP contribution is -2.55. The van der Waals surface area contributed by atoms with E-state index in [9.17, 15) is 23.6 Å². The number of piperidine rings is 2. The molecule has 8 heteroatoms. The van der Waals surface area contributed by atoms with Crippen molar-refractivity contribution >= 4 is 11.8 Å². The molecule has 0 aromatic heterocycles. The van der Waals surface area contributed by atoms with E-state index in [0.29, 0.717) is 18.8 Å². The predicted molar refractivity (Wildman–Crippen MR) is 103 cm³/mol. The molecule has 0 spiro atoms. The SMILES string of the molecule is N#CC1CC2CC2N1C(=O)[C@@H](N)C1CC2CC[C@@H](C1)N2C(=O)c1cc(F)ccc1F. The lowest BCUT2D eigenvalue weighted by atomic mass is 9.84. The van der Waals surface area contributed by atoms with Gasteiger partial charge in [0, 0.05) is 18.1 Å². The summed E-state index contributed by atoms with van der Waals surface area (Å²) in [6, 6.07) is 3.92. The van der Waals surface area contributed by atoms with Crippen molar-refractivity contribution in [3.8, 4) is 6.07 Å². The van der Waals surface area contributed by atoms with Gasteiger partial charge in [0.25, 0.3) is 5.91 Å². The average Bonchev–Trinajstić information content (AvgIpc) is 3.33. The molecule has 4 aliphatic rings. The Morgan fingerprint density at radius 1 is 1.10 bits per heavy atom. The first-order chi connectivity index (χ1) is 14.4. The molecule has 6 nitrogen and oxygen atoms in total. The lowest BCUT2D eigenvalue weighted by Gasteiger charge is -2.41. The van der Waals surface area contributed by atoms with Crippen LogP contribution in [-0.4, -0.2) is 51.8 Å². The summed E-state index contributed by atoms with van der Waals surface area (Å²) >= 11 is 0. The molecule has 30 heavy (non-hydrogen) atoms. The van der Waals surface area contributed by atoms with Gasteiger partial charge in [-0.05, 0) is 68.6 Å². The zero-order chi connectivity index (χ0) is 21.2. The van der Waals surface area contributed by atoms with E-state index >= 15 is 0 Å². The van der Waals surface area contributed by atoms with E-state index in [0.717, 1.165) is 43.9 Å². The Bertz CT molecular complexity index is 934. The summed E-state index contributed by atoms with van der Waals surface area (Å²) in [7, 11) is 0. The van der Waals surface area contributed by atoms with Crippen LogP contribution in [0.2, 0.25) is 0 Å².